The van der Waals surface area contributed by atoms with Crippen molar-refractivity contribution in [2.24, 2.45) is 5.10 Å². The van der Waals surface area contributed by atoms with E-state index in [1.807, 2.05) is 0 Å². The minimum Gasteiger partial charge on any atom is -0.497 e. The van der Waals surface area contributed by atoms with Gasteiger partial charge < -0.3 is 18.9 Å². The molecule has 8 nitrogen and oxygen atoms in total. The molecule has 31 heavy (non-hydrogen) atoms. The van der Waals surface area contributed by atoms with E-state index in [0.717, 1.165) is 5.56 Å². The number of rotatable bonds is 6. The molecular weight excluding hydrogens is 400 g/mol. The molecule has 3 aromatic carbocycles. The van der Waals surface area contributed by atoms with E-state index in [1.165, 1.54) is 6.21 Å². The van der Waals surface area contributed by atoms with Gasteiger partial charge in [-0.25, -0.2) is 10.2 Å². The Kier molecular flexibility index (Phi) is 5.79. The van der Waals surface area contributed by atoms with Gasteiger partial charge in [0.1, 0.15) is 11.5 Å². The highest BCUT2D eigenvalue weighted by molar-refractivity contribution is 5.95. The molecule has 0 atom stereocenters. The number of hydrogen-bond acceptors (Lipinski definition) is 7. The van der Waals surface area contributed by atoms with Crippen LogP contribution in [0.3, 0.4) is 0 Å². The first-order valence-corrected chi connectivity index (χ1v) is 9.32. The number of hydrogen-bond donors (Lipinski definition) is 1. The van der Waals surface area contributed by atoms with Crippen molar-refractivity contribution in [1.29, 1.82) is 0 Å². The summed E-state index contributed by atoms with van der Waals surface area (Å²) in [4.78, 5) is 24.4. The molecule has 0 aromatic heterocycles. The normalized spacial score (nSPS) is 11.9. The Morgan fingerprint density at radius 2 is 1.58 bits per heavy atom. The Hall–Kier alpha value is -4.33. The Bertz CT molecular complexity index is 1120. The van der Waals surface area contributed by atoms with Crippen LogP contribution in [0.15, 0.2) is 71.8 Å². The van der Waals surface area contributed by atoms with Gasteiger partial charge in [0.2, 0.25) is 6.79 Å². The van der Waals surface area contributed by atoms with Crippen LogP contribution >= 0.6 is 0 Å². The Morgan fingerprint density at radius 1 is 0.903 bits per heavy atom. The monoisotopic (exact) mass is 418 g/mol. The molecule has 8 heteroatoms. The van der Waals surface area contributed by atoms with Gasteiger partial charge in [-0.2, -0.15) is 5.10 Å². The molecule has 1 aliphatic heterocycles. The van der Waals surface area contributed by atoms with Crippen LogP contribution in [-0.2, 0) is 0 Å². The molecule has 0 fully saturated rings. The summed E-state index contributed by atoms with van der Waals surface area (Å²) in [6.07, 6.45) is 1.49. The van der Waals surface area contributed by atoms with E-state index >= 15 is 0 Å². The molecule has 1 N–H and O–H groups in total. The second-order valence-electron chi connectivity index (χ2n) is 6.45. The van der Waals surface area contributed by atoms with Crippen molar-refractivity contribution in [3.63, 3.8) is 0 Å². The lowest BCUT2D eigenvalue weighted by Crippen LogP contribution is -2.17. The van der Waals surface area contributed by atoms with E-state index in [4.69, 9.17) is 18.9 Å². The maximum Gasteiger partial charge on any atom is 0.343 e. The van der Waals surface area contributed by atoms with Crippen LogP contribution in [0, 0.1) is 0 Å². The molecule has 0 saturated heterocycles. The molecule has 0 spiro atoms. The highest BCUT2D eigenvalue weighted by atomic mass is 16.7. The number of hydrazone groups is 1. The van der Waals surface area contributed by atoms with E-state index < -0.39 is 5.97 Å². The van der Waals surface area contributed by atoms with Crippen molar-refractivity contribution in [1.82, 2.24) is 5.43 Å². The molecule has 1 heterocycles. The van der Waals surface area contributed by atoms with Gasteiger partial charge in [-0.1, -0.05) is 0 Å². The summed E-state index contributed by atoms with van der Waals surface area (Å²) in [5.74, 6) is 1.33. The largest absolute Gasteiger partial charge is 0.497 e. The first-order valence-electron chi connectivity index (χ1n) is 9.32. The average molecular weight is 418 g/mol. The van der Waals surface area contributed by atoms with E-state index in [0.29, 0.717) is 34.1 Å². The van der Waals surface area contributed by atoms with Gasteiger partial charge in [-0.05, 0) is 72.3 Å². The third-order valence-electron chi connectivity index (χ3n) is 4.43. The topological polar surface area (TPSA) is 95.5 Å². The Balaban J connectivity index is 1.32. The maximum atomic E-state index is 12.2. The second-order valence-corrected chi connectivity index (χ2v) is 6.45. The number of ether oxygens (including phenoxy) is 4. The first-order chi connectivity index (χ1) is 15.1. The van der Waals surface area contributed by atoms with Crippen molar-refractivity contribution in [2.75, 3.05) is 13.9 Å². The summed E-state index contributed by atoms with van der Waals surface area (Å²) in [6, 6.07) is 18.2. The molecule has 0 bridgehead atoms. The van der Waals surface area contributed by atoms with Gasteiger partial charge >= 0.3 is 5.97 Å². The highest BCUT2D eigenvalue weighted by Gasteiger charge is 2.15. The van der Waals surface area contributed by atoms with Gasteiger partial charge in [0.05, 0.1) is 18.9 Å². The number of nitrogens with zero attached hydrogens (tertiary/aromatic N) is 1. The first kappa shape index (κ1) is 20.0. The van der Waals surface area contributed by atoms with Gasteiger partial charge in [-0.15, -0.1) is 0 Å². The zero-order valence-corrected chi connectivity index (χ0v) is 16.5. The minimum atomic E-state index is -0.472. The molecule has 0 radical (unpaired) electrons. The van der Waals surface area contributed by atoms with Crippen LogP contribution in [0.5, 0.6) is 23.0 Å². The smallest absolute Gasteiger partial charge is 0.343 e. The van der Waals surface area contributed by atoms with E-state index in [-0.39, 0.29) is 12.7 Å². The molecule has 3 aromatic rings. The summed E-state index contributed by atoms with van der Waals surface area (Å²) in [5, 5.41) is 3.95. The minimum absolute atomic E-state index is 0.143. The summed E-state index contributed by atoms with van der Waals surface area (Å²) in [6.45, 7) is 0.143. The number of methoxy groups -OCH3 is 1. The number of esters is 1. The molecule has 4 rings (SSSR count). The Labute approximate surface area is 178 Å². The quantitative estimate of drug-likeness (QED) is 0.285. The fourth-order valence-corrected chi connectivity index (χ4v) is 2.78. The van der Waals surface area contributed by atoms with Crippen molar-refractivity contribution in [3.05, 3.63) is 83.4 Å². The maximum absolute atomic E-state index is 12.2. The molecule has 1 aliphatic rings. The SMILES string of the molecule is COc1ccc(C(=O)Oc2ccc(/C=N/NC(=O)c3ccc4c(c3)OCO4)cc2)cc1. The number of carbonyl (C=O) groups excluding carboxylic acids is 2. The van der Waals surface area contributed by atoms with Crippen molar-refractivity contribution in [2.45, 2.75) is 0 Å². The lowest BCUT2D eigenvalue weighted by Gasteiger charge is -2.05. The van der Waals surface area contributed by atoms with Gasteiger partial charge in [0.25, 0.3) is 5.91 Å². The van der Waals surface area contributed by atoms with Crippen LogP contribution in [0.4, 0.5) is 0 Å². The number of carbonyl (C=O) groups is 2. The van der Waals surface area contributed by atoms with E-state index in [1.54, 1.807) is 73.8 Å². The highest BCUT2D eigenvalue weighted by Crippen LogP contribution is 2.32. The van der Waals surface area contributed by atoms with Gasteiger partial charge in [0.15, 0.2) is 11.5 Å². The van der Waals surface area contributed by atoms with Crippen LogP contribution in [0.25, 0.3) is 0 Å². The van der Waals surface area contributed by atoms with Crippen LogP contribution in [0.1, 0.15) is 26.3 Å². The van der Waals surface area contributed by atoms with Crippen LogP contribution < -0.4 is 24.4 Å². The predicted octanol–water partition coefficient (Wildman–Crippen LogP) is 3.41. The third kappa shape index (κ3) is 4.81. The zero-order chi connectivity index (χ0) is 21.6. The third-order valence-corrected chi connectivity index (χ3v) is 4.43. The Morgan fingerprint density at radius 3 is 2.32 bits per heavy atom. The van der Waals surface area contributed by atoms with Crippen molar-refractivity contribution in [3.8, 4) is 23.0 Å². The molecule has 0 unspecified atom stereocenters. The van der Waals surface area contributed by atoms with Gasteiger partial charge in [0, 0.05) is 5.56 Å². The number of benzene rings is 3. The standard InChI is InChI=1S/C23H18N2O6/c1-28-18-9-4-16(5-10-18)23(27)31-19-7-2-15(3-8-19)13-24-25-22(26)17-6-11-20-21(12-17)30-14-29-20/h2-13H,14H2,1H3,(H,25,26)/b24-13+. The van der Waals surface area contributed by atoms with Crippen molar-refractivity contribution >= 4 is 18.1 Å². The number of nitrogens with one attached hydrogen (secondary N) is 1. The average Bonchev–Trinajstić information content (AvgIpc) is 3.28. The van der Waals surface area contributed by atoms with E-state index in [9.17, 15) is 9.59 Å². The lowest BCUT2D eigenvalue weighted by molar-refractivity contribution is 0.0734. The lowest BCUT2D eigenvalue weighted by atomic mass is 10.2. The fourth-order valence-electron chi connectivity index (χ4n) is 2.78. The predicted molar refractivity (Wildman–Crippen MR) is 112 cm³/mol. The van der Waals surface area contributed by atoms with Crippen LogP contribution in [0.2, 0.25) is 0 Å². The number of fused-ring (bicyclic) bond motifs is 1. The van der Waals surface area contributed by atoms with Gasteiger partial charge in [-0.3, -0.25) is 4.79 Å². The number of amides is 1. The second kappa shape index (κ2) is 9.00. The van der Waals surface area contributed by atoms with E-state index in [2.05, 4.69) is 10.5 Å². The fraction of sp³-hybridized carbons (Fsp3) is 0.0870. The summed E-state index contributed by atoms with van der Waals surface area (Å²) in [5.41, 5.74) is 3.99. The summed E-state index contributed by atoms with van der Waals surface area (Å²) in [7, 11) is 1.56. The molecular formula is C23H18N2O6. The van der Waals surface area contributed by atoms with Crippen molar-refractivity contribution < 1.29 is 28.5 Å². The molecule has 0 saturated carbocycles. The zero-order valence-electron chi connectivity index (χ0n) is 16.5. The molecule has 0 aliphatic carbocycles. The molecule has 156 valence electrons. The summed E-state index contributed by atoms with van der Waals surface area (Å²) >= 11 is 0. The summed E-state index contributed by atoms with van der Waals surface area (Å²) < 4.78 is 20.9. The van der Waals surface area contributed by atoms with Crippen LogP contribution in [-0.4, -0.2) is 32.0 Å². The molecule has 1 amide bonds.